The van der Waals surface area contributed by atoms with Gasteiger partial charge in [-0.15, -0.1) is 0 Å². The minimum atomic E-state index is -0.796. The summed E-state index contributed by atoms with van der Waals surface area (Å²) < 4.78 is 9.78. The first-order valence-corrected chi connectivity index (χ1v) is 8.01. The highest BCUT2D eigenvalue weighted by atomic mass is 16.6. The predicted octanol–water partition coefficient (Wildman–Crippen LogP) is 1.52. The summed E-state index contributed by atoms with van der Waals surface area (Å²) in [5.74, 6) is -1.42. The Balaban J connectivity index is 1.74. The maximum atomic E-state index is 12.0. The third kappa shape index (κ3) is 6.09. The number of ether oxygens (including phenoxy) is 2. The van der Waals surface area contributed by atoms with Crippen LogP contribution in [0.2, 0.25) is 0 Å². The fourth-order valence-corrected chi connectivity index (χ4v) is 2.08. The van der Waals surface area contributed by atoms with Crippen LogP contribution in [-0.2, 0) is 14.3 Å². The lowest BCUT2D eigenvalue weighted by Gasteiger charge is -2.08. The quantitative estimate of drug-likeness (QED) is 0.398. The van der Waals surface area contributed by atoms with E-state index in [9.17, 15) is 24.5 Å². The van der Waals surface area contributed by atoms with Crippen LogP contribution < -0.4 is 15.4 Å². The molecule has 0 aliphatic rings. The Hall–Kier alpha value is -3.95. The Morgan fingerprint density at radius 1 is 1.11 bits per heavy atom. The van der Waals surface area contributed by atoms with Crippen molar-refractivity contribution in [2.45, 2.75) is 0 Å². The molecule has 10 heteroatoms. The first kappa shape index (κ1) is 20.4. The summed E-state index contributed by atoms with van der Waals surface area (Å²) in [4.78, 5) is 45.4. The Morgan fingerprint density at radius 3 is 2.46 bits per heavy atom. The number of nitro benzene ring substituents is 1. The second-order valence-corrected chi connectivity index (χ2v) is 5.43. The van der Waals surface area contributed by atoms with Crippen LogP contribution in [0.4, 0.5) is 11.4 Å². The van der Waals surface area contributed by atoms with Gasteiger partial charge in [-0.3, -0.25) is 24.5 Å². The molecule has 0 radical (unpaired) electrons. The molecule has 28 heavy (non-hydrogen) atoms. The standard InChI is InChI=1S/C18H17N3O7/c1-27-15-4-2-3-12(9-15)18(24)19-10-17(23)28-11-16(22)20-13-5-7-14(8-6-13)21(25)26/h2-9H,10-11H2,1H3,(H,19,24)(H,20,22). The summed E-state index contributed by atoms with van der Waals surface area (Å²) in [6, 6.07) is 11.5. The summed E-state index contributed by atoms with van der Waals surface area (Å²) in [7, 11) is 1.47. The molecule has 146 valence electrons. The molecule has 2 amide bonds. The van der Waals surface area contributed by atoms with Crippen molar-refractivity contribution in [2.24, 2.45) is 0 Å². The minimum absolute atomic E-state index is 0.115. The maximum absolute atomic E-state index is 12.0. The highest BCUT2D eigenvalue weighted by Crippen LogP contribution is 2.15. The van der Waals surface area contributed by atoms with Gasteiger partial charge in [-0.1, -0.05) is 6.07 Å². The van der Waals surface area contributed by atoms with Gasteiger partial charge in [0.1, 0.15) is 12.3 Å². The van der Waals surface area contributed by atoms with E-state index in [1.807, 2.05) is 0 Å². The molecule has 2 aromatic rings. The van der Waals surface area contributed by atoms with E-state index in [0.29, 0.717) is 17.0 Å². The van der Waals surface area contributed by atoms with E-state index in [-0.39, 0.29) is 5.69 Å². The van der Waals surface area contributed by atoms with Crippen LogP contribution in [0.15, 0.2) is 48.5 Å². The van der Waals surface area contributed by atoms with E-state index in [4.69, 9.17) is 9.47 Å². The first-order chi connectivity index (χ1) is 13.4. The van der Waals surface area contributed by atoms with E-state index in [0.717, 1.165) is 0 Å². The highest BCUT2D eigenvalue weighted by molar-refractivity contribution is 5.97. The topological polar surface area (TPSA) is 137 Å². The summed E-state index contributed by atoms with van der Waals surface area (Å²) in [5, 5.41) is 15.4. The Bertz CT molecular complexity index is 881. The van der Waals surface area contributed by atoms with Crippen molar-refractivity contribution >= 4 is 29.2 Å². The van der Waals surface area contributed by atoms with Crippen molar-refractivity contribution in [3.8, 4) is 5.75 Å². The second kappa shape index (κ2) is 9.67. The molecule has 0 spiro atoms. The van der Waals surface area contributed by atoms with Crippen LogP contribution in [0.3, 0.4) is 0 Å². The molecule has 0 saturated carbocycles. The maximum Gasteiger partial charge on any atom is 0.325 e. The average Bonchev–Trinajstić information content (AvgIpc) is 2.70. The molecule has 0 aliphatic heterocycles. The lowest BCUT2D eigenvalue weighted by atomic mass is 10.2. The van der Waals surface area contributed by atoms with Gasteiger partial charge >= 0.3 is 5.97 Å². The predicted molar refractivity (Wildman–Crippen MR) is 98.0 cm³/mol. The number of carbonyl (C=O) groups is 3. The zero-order valence-corrected chi connectivity index (χ0v) is 14.8. The summed E-state index contributed by atoms with van der Waals surface area (Å²) in [5.41, 5.74) is 0.511. The molecule has 2 rings (SSSR count). The van der Waals surface area contributed by atoms with Crippen LogP contribution in [0.5, 0.6) is 5.75 Å². The second-order valence-electron chi connectivity index (χ2n) is 5.43. The van der Waals surface area contributed by atoms with Crippen molar-refractivity contribution in [1.82, 2.24) is 5.32 Å². The molecule has 10 nitrogen and oxygen atoms in total. The molecule has 0 atom stereocenters. The smallest absolute Gasteiger partial charge is 0.325 e. The van der Waals surface area contributed by atoms with Crippen LogP contribution in [0.25, 0.3) is 0 Å². The summed E-state index contributed by atoms with van der Waals surface area (Å²) in [6.45, 7) is -0.980. The Morgan fingerprint density at radius 2 is 1.82 bits per heavy atom. The van der Waals surface area contributed by atoms with Crippen LogP contribution in [0, 0.1) is 10.1 Å². The SMILES string of the molecule is COc1cccc(C(=O)NCC(=O)OCC(=O)Nc2ccc([N+](=O)[O-])cc2)c1. The molecule has 0 fully saturated rings. The summed E-state index contributed by atoms with van der Waals surface area (Å²) >= 11 is 0. The number of nitro groups is 1. The molecule has 0 heterocycles. The number of methoxy groups -OCH3 is 1. The van der Waals surface area contributed by atoms with E-state index in [1.165, 1.54) is 37.4 Å². The number of anilines is 1. The Kier molecular flexibility index (Phi) is 7.03. The van der Waals surface area contributed by atoms with Crippen molar-refractivity contribution in [1.29, 1.82) is 0 Å². The molecule has 0 bridgehead atoms. The number of nitrogens with one attached hydrogen (secondary N) is 2. The molecular weight excluding hydrogens is 370 g/mol. The van der Waals surface area contributed by atoms with Crippen molar-refractivity contribution in [3.05, 3.63) is 64.2 Å². The molecule has 2 aromatic carbocycles. The van der Waals surface area contributed by atoms with E-state index >= 15 is 0 Å². The normalized spacial score (nSPS) is 9.89. The lowest BCUT2D eigenvalue weighted by molar-refractivity contribution is -0.384. The monoisotopic (exact) mass is 387 g/mol. The minimum Gasteiger partial charge on any atom is -0.497 e. The van der Waals surface area contributed by atoms with Crippen LogP contribution in [-0.4, -0.2) is 43.0 Å². The van der Waals surface area contributed by atoms with Gasteiger partial charge < -0.3 is 20.1 Å². The van der Waals surface area contributed by atoms with Crippen LogP contribution in [0.1, 0.15) is 10.4 Å². The van der Waals surface area contributed by atoms with Gasteiger partial charge in [-0.2, -0.15) is 0 Å². The number of benzene rings is 2. The Labute approximate surface area is 159 Å². The van der Waals surface area contributed by atoms with Gasteiger partial charge in [0.05, 0.1) is 12.0 Å². The van der Waals surface area contributed by atoms with Gasteiger partial charge in [0, 0.05) is 23.4 Å². The number of rotatable bonds is 8. The molecule has 0 aliphatic carbocycles. The molecule has 0 aromatic heterocycles. The summed E-state index contributed by atoms with van der Waals surface area (Å²) in [6.07, 6.45) is 0. The van der Waals surface area contributed by atoms with Crippen molar-refractivity contribution in [2.75, 3.05) is 25.6 Å². The molecule has 0 unspecified atom stereocenters. The number of nitrogens with zero attached hydrogens (tertiary/aromatic N) is 1. The van der Waals surface area contributed by atoms with Crippen LogP contribution >= 0.6 is 0 Å². The van der Waals surface area contributed by atoms with Gasteiger partial charge in [0.15, 0.2) is 6.61 Å². The highest BCUT2D eigenvalue weighted by Gasteiger charge is 2.12. The van der Waals surface area contributed by atoms with Gasteiger partial charge in [0.2, 0.25) is 0 Å². The number of carbonyl (C=O) groups excluding carboxylic acids is 3. The third-order valence-electron chi connectivity index (χ3n) is 3.45. The number of esters is 1. The molecule has 0 saturated heterocycles. The van der Waals surface area contributed by atoms with E-state index in [1.54, 1.807) is 18.2 Å². The van der Waals surface area contributed by atoms with Crippen molar-refractivity contribution < 1.29 is 28.8 Å². The van der Waals surface area contributed by atoms with Crippen molar-refractivity contribution in [3.63, 3.8) is 0 Å². The fraction of sp³-hybridized carbons (Fsp3) is 0.167. The number of non-ortho nitro benzene ring substituents is 1. The number of amides is 2. The lowest BCUT2D eigenvalue weighted by Crippen LogP contribution is -2.32. The zero-order chi connectivity index (χ0) is 20.5. The largest absolute Gasteiger partial charge is 0.497 e. The van der Waals surface area contributed by atoms with Gasteiger partial charge in [-0.05, 0) is 30.3 Å². The zero-order valence-electron chi connectivity index (χ0n) is 14.8. The molecule has 2 N–H and O–H groups in total. The van der Waals surface area contributed by atoms with Gasteiger partial charge in [-0.25, -0.2) is 0 Å². The number of hydrogen-bond acceptors (Lipinski definition) is 7. The van der Waals surface area contributed by atoms with E-state index in [2.05, 4.69) is 10.6 Å². The van der Waals surface area contributed by atoms with E-state index < -0.39 is 35.9 Å². The number of hydrogen-bond donors (Lipinski definition) is 2. The average molecular weight is 387 g/mol. The fourth-order valence-electron chi connectivity index (χ4n) is 2.08. The molecular formula is C18H17N3O7. The van der Waals surface area contributed by atoms with Gasteiger partial charge in [0.25, 0.3) is 17.5 Å². The first-order valence-electron chi connectivity index (χ1n) is 8.01. The third-order valence-corrected chi connectivity index (χ3v) is 3.45.